The minimum absolute atomic E-state index is 1.07. The second-order valence-corrected chi connectivity index (χ2v) is 14.0. The van der Waals surface area contributed by atoms with Crippen molar-refractivity contribution in [3.63, 3.8) is 0 Å². The van der Waals surface area contributed by atoms with E-state index in [2.05, 4.69) is 87.7 Å². The van der Waals surface area contributed by atoms with Gasteiger partial charge in [-0.05, 0) is 22.3 Å². The van der Waals surface area contributed by atoms with E-state index in [9.17, 15) is 0 Å². The summed E-state index contributed by atoms with van der Waals surface area (Å²) in [6, 6.07) is 18.7. The second-order valence-electron chi connectivity index (χ2n) is 14.0. The lowest BCUT2D eigenvalue weighted by atomic mass is 10.1. The van der Waals surface area contributed by atoms with Gasteiger partial charge in [0.05, 0.1) is 0 Å². The number of hydrogen-bond donors (Lipinski definition) is 0. The molecule has 2 aromatic rings. The van der Waals surface area contributed by atoms with E-state index in [1.165, 1.54) is 101 Å². The van der Waals surface area contributed by atoms with Gasteiger partial charge in [-0.3, -0.25) is 39.2 Å². The smallest absolute Gasteiger partial charge is 0.0238 e. The van der Waals surface area contributed by atoms with Gasteiger partial charge in [-0.15, -0.1) is 0 Å². The summed E-state index contributed by atoms with van der Waals surface area (Å²) in [6.07, 6.45) is 0. The average molecular weight is 601 g/mol. The van der Waals surface area contributed by atoms with Crippen LogP contribution in [0.5, 0.6) is 0 Å². The van der Waals surface area contributed by atoms with E-state index >= 15 is 0 Å². The van der Waals surface area contributed by atoms with Gasteiger partial charge in [-0.1, -0.05) is 48.5 Å². The molecule has 8 nitrogen and oxygen atoms in total. The highest BCUT2D eigenvalue weighted by atomic mass is 15.3. The molecule has 4 saturated heterocycles. The maximum atomic E-state index is 2.76. The molecule has 8 heteroatoms. The molecule has 10 rings (SSSR count). The second kappa shape index (κ2) is 15.1. The Hall–Kier alpha value is -1.88. The van der Waals surface area contributed by atoms with Crippen LogP contribution in [0.1, 0.15) is 22.3 Å². The van der Waals surface area contributed by atoms with Gasteiger partial charge in [0, 0.05) is 157 Å². The molecule has 4 fully saturated rings. The van der Waals surface area contributed by atoms with Crippen molar-refractivity contribution in [1.29, 1.82) is 0 Å². The van der Waals surface area contributed by atoms with Crippen molar-refractivity contribution in [3.05, 3.63) is 70.8 Å². The van der Waals surface area contributed by atoms with E-state index in [0.717, 1.165) is 78.5 Å². The maximum absolute atomic E-state index is 2.76. The maximum Gasteiger partial charge on any atom is 0.0238 e. The van der Waals surface area contributed by atoms with Gasteiger partial charge >= 0.3 is 0 Å². The highest BCUT2D eigenvalue weighted by molar-refractivity contribution is 5.28. The fourth-order valence-corrected chi connectivity index (χ4v) is 7.95. The van der Waals surface area contributed by atoms with Crippen molar-refractivity contribution in [2.75, 3.05) is 131 Å². The van der Waals surface area contributed by atoms with Crippen LogP contribution in [-0.2, 0) is 26.2 Å². The van der Waals surface area contributed by atoms with Gasteiger partial charge in [-0.2, -0.15) is 0 Å². The van der Waals surface area contributed by atoms with Crippen LogP contribution in [0.25, 0.3) is 0 Å². The minimum atomic E-state index is 1.07. The third-order valence-corrected chi connectivity index (χ3v) is 11.1. The van der Waals surface area contributed by atoms with Crippen molar-refractivity contribution < 1.29 is 0 Å². The van der Waals surface area contributed by atoms with Crippen LogP contribution in [0, 0.1) is 0 Å². The Morgan fingerprint density at radius 3 is 0.568 bits per heavy atom. The lowest BCUT2D eigenvalue weighted by Crippen LogP contribution is -2.43. The van der Waals surface area contributed by atoms with Crippen molar-refractivity contribution in [1.82, 2.24) is 39.2 Å². The van der Waals surface area contributed by atoms with Crippen molar-refractivity contribution >= 4 is 0 Å². The highest BCUT2D eigenvalue weighted by Gasteiger charge is 2.24. The molecular weight excluding hydrogens is 544 g/mol. The molecular formula is C36H56N8. The summed E-state index contributed by atoms with van der Waals surface area (Å²) in [5, 5.41) is 0. The first-order valence-corrected chi connectivity index (χ1v) is 17.7. The SMILES string of the molecule is c1ccc2c(c1)CN1CCN3CCN(CC1)CCN(CC3)Cc1ccccc1CN1CCN3CCN(CCN(CC3)C2)CC1. The quantitative estimate of drug-likeness (QED) is 0.453. The van der Waals surface area contributed by atoms with Crippen LogP contribution in [0.4, 0.5) is 0 Å². The zero-order valence-corrected chi connectivity index (χ0v) is 27.2. The van der Waals surface area contributed by atoms with Crippen molar-refractivity contribution in [3.8, 4) is 0 Å². The lowest BCUT2D eigenvalue weighted by Gasteiger charge is -2.33. The molecule has 0 spiro atoms. The van der Waals surface area contributed by atoms with Crippen LogP contribution < -0.4 is 0 Å². The Morgan fingerprint density at radius 1 is 0.227 bits per heavy atom. The third-order valence-electron chi connectivity index (χ3n) is 11.1. The fraction of sp³-hybridized carbons (Fsp3) is 0.667. The lowest BCUT2D eigenvalue weighted by molar-refractivity contribution is 0.160. The van der Waals surface area contributed by atoms with Gasteiger partial charge in [0.1, 0.15) is 0 Å². The van der Waals surface area contributed by atoms with Crippen LogP contribution in [0.2, 0.25) is 0 Å². The van der Waals surface area contributed by atoms with Crippen LogP contribution in [-0.4, -0.2) is 170 Å². The van der Waals surface area contributed by atoms with Gasteiger partial charge in [0.15, 0.2) is 0 Å². The Morgan fingerprint density at radius 2 is 0.386 bits per heavy atom. The Bertz CT molecular complexity index is 977. The molecule has 240 valence electrons. The molecule has 0 aromatic heterocycles. The first kappa shape index (κ1) is 30.8. The minimum Gasteiger partial charge on any atom is -0.300 e. The third kappa shape index (κ3) is 8.28. The van der Waals surface area contributed by atoms with E-state index in [0.29, 0.717) is 0 Å². The van der Waals surface area contributed by atoms with Crippen molar-refractivity contribution in [2.45, 2.75) is 26.2 Å². The number of hydrogen-bond acceptors (Lipinski definition) is 8. The molecule has 0 saturated carbocycles. The standard InChI is InChI=1S/C36H56N8/c1-2-6-34-30-42-23-15-39-11-12-40(16-24-42)20-28-44(27-19-39)32-36-8-4-3-7-35(36)31-43-25-17-37-9-10-38(18-26-43)14-22-41(21-13-37)29-33(34)5-1/h1-8H,9-32H2. The summed E-state index contributed by atoms with van der Waals surface area (Å²) in [5.74, 6) is 0. The van der Waals surface area contributed by atoms with E-state index in [4.69, 9.17) is 0 Å². The zero-order valence-electron chi connectivity index (χ0n) is 27.2. The molecule has 0 unspecified atom stereocenters. The Labute approximate surface area is 266 Å². The highest BCUT2D eigenvalue weighted by Crippen LogP contribution is 2.19. The first-order valence-electron chi connectivity index (χ1n) is 17.7. The summed E-state index contributed by atoms with van der Waals surface area (Å²) >= 11 is 0. The molecule has 0 aliphatic carbocycles. The van der Waals surface area contributed by atoms with Gasteiger partial charge in [0.25, 0.3) is 0 Å². The van der Waals surface area contributed by atoms with Gasteiger partial charge < -0.3 is 0 Å². The number of rotatable bonds is 0. The number of nitrogens with zero attached hydrogens (tertiary/aromatic N) is 8. The van der Waals surface area contributed by atoms with E-state index in [1.54, 1.807) is 0 Å². The molecule has 0 radical (unpaired) electrons. The van der Waals surface area contributed by atoms with E-state index < -0.39 is 0 Å². The molecule has 8 heterocycles. The Kier molecular flexibility index (Phi) is 10.6. The molecule has 0 amide bonds. The summed E-state index contributed by atoms with van der Waals surface area (Å²) in [6.45, 7) is 27.8. The van der Waals surface area contributed by atoms with Crippen molar-refractivity contribution in [2.24, 2.45) is 0 Å². The predicted octanol–water partition coefficient (Wildman–Crippen LogP) is 1.87. The molecule has 8 aliphatic rings. The van der Waals surface area contributed by atoms with Gasteiger partial charge in [-0.25, -0.2) is 0 Å². The van der Waals surface area contributed by atoms with Crippen LogP contribution in [0.15, 0.2) is 48.5 Å². The normalized spacial score (nSPS) is 35.8. The molecule has 44 heavy (non-hydrogen) atoms. The summed E-state index contributed by atoms with van der Waals surface area (Å²) in [5.41, 5.74) is 6.15. The summed E-state index contributed by atoms with van der Waals surface area (Å²) in [4.78, 5) is 22.0. The molecule has 2 aromatic carbocycles. The molecule has 8 aliphatic heterocycles. The Balaban J connectivity index is 1.20. The predicted molar refractivity (Wildman–Crippen MR) is 180 cm³/mol. The first-order chi connectivity index (χ1) is 21.7. The monoisotopic (exact) mass is 600 g/mol. The number of benzene rings is 2. The van der Waals surface area contributed by atoms with Crippen LogP contribution >= 0.6 is 0 Å². The van der Waals surface area contributed by atoms with Crippen LogP contribution in [0.3, 0.4) is 0 Å². The average Bonchev–Trinajstić information content (AvgIpc) is 3.29. The number of fused-ring (bicyclic) bond motifs is 2. The fourth-order valence-electron chi connectivity index (χ4n) is 7.95. The largest absolute Gasteiger partial charge is 0.300 e. The van der Waals surface area contributed by atoms with Gasteiger partial charge in [0.2, 0.25) is 0 Å². The van der Waals surface area contributed by atoms with E-state index in [-0.39, 0.29) is 0 Å². The van der Waals surface area contributed by atoms with E-state index in [1.807, 2.05) is 0 Å². The summed E-state index contributed by atoms with van der Waals surface area (Å²) in [7, 11) is 0. The zero-order chi connectivity index (χ0) is 29.6. The molecule has 0 N–H and O–H groups in total. The molecule has 0 atom stereocenters. The summed E-state index contributed by atoms with van der Waals surface area (Å²) < 4.78 is 0. The topological polar surface area (TPSA) is 25.9 Å². The molecule has 8 bridgehead atoms.